The van der Waals surface area contributed by atoms with Crippen molar-refractivity contribution in [2.24, 2.45) is 5.73 Å². The van der Waals surface area contributed by atoms with Crippen molar-refractivity contribution >= 4 is 0 Å². The maximum absolute atomic E-state index is 6.22. The molecule has 1 unspecified atom stereocenters. The number of nitrogens with zero attached hydrogens (tertiary/aromatic N) is 3. The Morgan fingerprint density at radius 2 is 1.84 bits per heavy atom. The summed E-state index contributed by atoms with van der Waals surface area (Å²) in [6.07, 6.45) is 1.74. The summed E-state index contributed by atoms with van der Waals surface area (Å²) in [7, 11) is 0. The molecule has 0 saturated carbocycles. The summed E-state index contributed by atoms with van der Waals surface area (Å²) in [4.78, 5) is 0. The zero-order valence-corrected chi connectivity index (χ0v) is 11.9. The van der Waals surface area contributed by atoms with Gasteiger partial charge in [-0.3, -0.25) is 0 Å². The molecule has 0 spiro atoms. The van der Waals surface area contributed by atoms with E-state index in [-0.39, 0.29) is 6.04 Å². The molecule has 0 fully saturated rings. The van der Waals surface area contributed by atoms with E-state index >= 15 is 0 Å². The number of hydrogen-bond donors (Lipinski definition) is 1. The lowest BCUT2D eigenvalue weighted by Crippen LogP contribution is -2.14. The molecule has 4 nitrogen and oxygen atoms in total. The number of aryl methyl sites for hydroxylation is 2. The van der Waals surface area contributed by atoms with E-state index in [1.54, 1.807) is 0 Å². The second-order valence-corrected chi connectivity index (χ2v) is 5.18. The Hall–Kier alpha value is -1.68. The van der Waals surface area contributed by atoms with E-state index in [1.165, 1.54) is 5.56 Å². The minimum Gasteiger partial charge on any atom is -0.324 e. The fraction of sp³-hybridized carbons (Fsp3) is 0.467. The fourth-order valence-corrected chi connectivity index (χ4v) is 2.41. The minimum atomic E-state index is 0.0545. The van der Waals surface area contributed by atoms with Gasteiger partial charge < -0.3 is 10.3 Å². The third-order valence-electron chi connectivity index (χ3n) is 3.36. The molecular weight excluding hydrogens is 236 g/mol. The zero-order chi connectivity index (χ0) is 13.8. The van der Waals surface area contributed by atoms with Gasteiger partial charge in [0.15, 0.2) is 0 Å². The number of hydrogen-bond acceptors (Lipinski definition) is 3. The maximum atomic E-state index is 6.22. The fourth-order valence-electron chi connectivity index (χ4n) is 2.41. The van der Waals surface area contributed by atoms with Gasteiger partial charge in [0.25, 0.3) is 0 Å². The van der Waals surface area contributed by atoms with Crippen molar-refractivity contribution in [1.82, 2.24) is 14.8 Å². The van der Waals surface area contributed by atoms with Crippen molar-refractivity contribution in [1.29, 1.82) is 0 Å². The van der Waals surface area contributed by atoms with Crippen LogP contribution in [0.1, 0.15) is 49.6 Å². The van der Waals surface area contributed by atoms with E-state index in [0.717, 1.165) is 24.5 Å². The van der Waals surface area contributed by atoms with Gasteiger partial charge in [-0.05, 0) is 32.8 Å². The molecule has 1 aromatic heterocycles. The van der Waals surface area contributed by atoms with Crippen LogP contribution in [0.25, 0.3) is 0 Å². The highest BCUT2D eigenvalue weighted by atomic mass is 15.3. The van der Waals surface area contributed by atoms with Crippen LogP contribution in [-0.2, 0) is 6.42 Å². The molecule has 2 aromatic rings. The quantitative estimate of drug-likeness (QED) is 0.897. The van der Waals surface area contributed by atoms with E-state index in [9.17, 15) is 0 Å². The largest absolute Gasteiger partial charge is 0.324 e. The van der Waals surface area contributed by atoms with Crippen LogP contribution in [-0.4, -0.2) is 14.8 Å². The van der Waals surface area contributed by atoms with Gasteiger partial charge in [0.2, 0.25) is 0 Å². The smallest absolute Gasteiger partial charge is 0.133 e. The van der Waals surface area contributed by atoms with Gasteiger partial charge in [-0.1, -0.05) is 30.3 Å². The van der Waals surface area contributed by atoms with Crippen LogP contribution in [0.2, 0.25) is 0 Å². The van der Waals surface area contributed by atoms with E-state index in [1.807, 2.05) is 25.1 Å². The monoisotopic (exact) mass is 258 g/mol. The normalized spacial score (nSPS) is 12.9. The van der Waals surface area contributed by atoms with E-state index in [4.69, 9.17) is 5.73 Å². The maximum Gasteiger partial charge on any atom is 0.133 e. The van der Waals surface area contributed by atoms with Crippen molar-refractivity contribution in [2.45, 2.75) is 45.7 Å². The SMILES string of the molecule is Cc1nnc(CCC(N)c2ccccc2)n1C(C)C. The van der Waals surface area contributed by atoms with Crippen LogP contribution in [0.3, 0.4) is 0 Å². The predicted molar refractivity (Wildman–Crippen MR) is 76.8 cm³/mol. The Bertz CT molecular complexity index is 516. The molecular formula is C15H22N4. The summed E-state index contributed by atoms with van der Waals surface area (Å²) in [5.41, 5.74) is 7.39. The molecule has 102 valence electrons. The van der Waals surface area contributed by atoms with Crippen molar-refractivity contribution in [3.05, 3.63) is 47.5 Å². The Morgan fingerprint density at radius 1 is 1.16 bits per heavy atom. The summed E-state index contributed by atoms with van der Waals surface area (Å²) in [5.74, 6) is 2.00. The second kappa shape index (κ2) is 5.97. The molecule has 0 saturated heterocycles. The Kier molecular flexibility index (Phi) is 4.32. The van der Waals surface area contributed by atoms with Gasteiger partial charge >= 0.3 is 0 Å². The molecule has 2 rings (SSSR count). The van der Waals surface area contributed by atoms with E-state index in [0.29, 0.717) is 6.04 Å². The molecule has 0 amide bonds. The van der Waals surface area contributed by atoms with Gasteiger partial charge in [0.1, 0.15) is 11.6 Å². The van der Waals surface area contributed by atoms with Gasteiger partial charge in [-0.25, -0.2) is 0 Å². The van der Waals surface area contributed by atoms with Crippen LogP contribution in [0.15, 0.2) is 30.3 Å². The van der Waals surface area contributed by atoms with Crippen LogP contribution in [0.4, 0.5) is 0 Å². The first-order chi connectivity index (χ1) is 9.09. The van der Waals surface area contributed by atoms with Gasteiger partial charge in [-0.15, -0.1) is 10.2 Å². The van der Waals surface area contributed by atoms with Crippen LogP contribution in [0, 0.1) is 6.92 Å². The summed E-state index contributed by atoms with van der Waals surface area (Å²) < 4.78 is 2.18. The average molecular weight is 258 g/mol. The molecule has 1 heterocycles. The van der Waals surface area contributed by atoms with Crippen molar-refractivity contribution < 1.29 is 0 Å². The summed E-state index contributed by atoms with van der Waals surface area (Å²) >= 11 is 0. The van der Waals surface area contributed by atoms with Gasteiger partial charge in [0.05, 0.1) is 0 Å². The molecule has 19 heavy (non-hydrogen) atoms. The van der Waals surface area contributed by atoms with Crippen LogP contribution >= 0.6 is 0 Å². The van der Waals surface area contributed by atoms with Crippen molar-refractivity contribution in [2.75, 3.05) is 0 Å². The first kappa shape index (κ1) is 13.7. The Labute approximate surface area is 114 Å². The minimum absolute atomic E-state index is 0.0545. The third-order valence-corrected chi connectivity index (χ3v) is 3.36. The number of benzene rings is 1. The van der Waals surface area contributed by atoms with Gasteiger partial charge in [-0.2, -0.15) is 0 Å². The first-order valence-corrected chi connectivity index (χ1v) is 6.80. The number of aromatic nitrogens is 3. The molecule has 0 aliphatic heterocycles. The standard InChI is InChI=1S/C15H22N4/c1-11(2)19-12(3)17-18-15(19)10-9-14(16)13-7-5-4-6-8-13/h4-8,11,14H,9-10,16H2,1-3H3. The predicted octanol–water partition coefficient (Wildman–Crippen LogP) is 2.80. The Morgan fingerprint density at radius 3 is 2.47 bits per heavy atom. The molecule has 0 aliphatic rings. The third kappa shape index (κ3) is 3.20. The molecule has 1 aromatic carbocycles. The highest BCUT2D eigenvalue weighted by molar-refractivity contribution is 5.18. The molecule has 4 heteroatoms. The van der Waals surface area contributed by atoms with E-state index < -0.39 is 0 Å². The van der Waals surface area contributed by atoms with Crippen molar-refractivity contribution in [3.63, 3.8) is 0 Å². The van der Waals surface area contributed by atoms with Crippen LogP contribution < -0.4 is 5.73 Å². The van der Waals surface area contributed by atoms with Crippen molar-refractivity contribution in [3.8, 4) is 0 Å². The van der Waals surface area contributed by atoms with Gasteiger partial charge in [0, 0.05) is 18.5 Å². The van der Waals surface area contributed by atoms with E-state index in [2.05, 4.69) is 40.7 Å². The molecule has 0 aliphatic carbocycles. The molecule has 0 bridgehead atoms. The summed E-state index contributed by atoms with van der Waals surface area (Å²) in [6, 6.07) is 10.6. The highest BCUT2D eigenvalue weighted by Gasteiger charge is 2.13. The molecule has 1 atom stereocenters. The molecule has 2 N–H and O–H groups in total. The topological polar surface area (TPSA) is 56.7 Å². The molecule has 0 radical (unpaired) electrons. The highest BCUT2D eigenvalue weighted by Crippen LogP contribution is 2.18. The Balaban J connectivity index is 2.03. The average Bonchev–Trinajstić information content (AvgIpc) is 2.78. The zero-order valence-electron chi connectivity index (χ0n) is 11.9. The summed E-state index contributed by atoms with van der Waals surface area (Å²) in [6.45, 7) is 6.29. The second-order valence-electron chi connectivity index (χ2n) is 5.18. The number of nitrogens with two attached hydrogens (primary N) is 1. The first-order valence-electron chi connectivity index (χ1n) is 6.80. The lowest BCUT2D eigenvalue weighted by Gasteiger charge is -2.15. The lowest BCUT2D eigenvalue weighted by atomic mass is 10.0. The summed E-state index contributed by atoms with van der Waals surface area (Å²) in [5, 5.41) is 8.42. The van der Waals surface area contributed by atoms with Crippen LogP contribution in [0.5, 0.6) is 0 Å². The number of rotatable bonds is 5. The lowest BCUT2D eigenvalue weighted by molar-refractivity contribution is 0.534.